The first-order valence-electron chi connectivity index (χ1n) is 6.54. The van der Waals surface area contributed by atoms with Crippen LogP contribution in [-0.2, 0) is 0 Å². The van der Waals surface area contributed by atoms with Crippen LogP contribution in [0.25, 0.3) is 0 Å². The summed E-state index contributed by atoms with van der Waals surface area (Å²) in [5.74, 6) is 0.320. The molecule has 2 atom stereocenters. The van der Waals surface area contributed by atoms with Crippen molar-refractivity contribution in [2.75, 3.05) is 11.9 Å². The highest BCUT2D eigenvalue weighted by atomic mass is 19.1. The van der Waals surface area contributed by atoms with Gasteiger partial charge in [-0.15, -0.1) is 0 Å². The standard InChI is InChI=1S/C15H19FN2/c1-11-4-3-5-13(8-11)18(2)14-7-6-12(10-17)15(16)9-14/h6-7,9,11,13H,3-5,8H2,1-2H3. The van der Waals surface area contributed by atoms with Crippen LogP contribution in [0.15, 0.2) is 18.2 Å². The number of hydrogen-bond donors (Lipinski definition) is 0. The molecule has 2 nitrogen and oxygen atoms in total. The van der Waals surface area contributed by atoms with Gasteiger partial charge in [0, 0.05) is 18.8 Å². The highest BCUT2D eigenvalue weighted by Crippen LogP contribution is 2.30. The van der Waals surface area contributed by atoms with Gasteiger partial charge in [-0.25, -0.2) is 4.39 Å². The first-order valence-corrected chi connectivity index (χ1v) is 6.54. The van der Waals surface area contributed by atoms with Gasteiger partial charge in [-0.1, -0.05) is 19.8 Å². The van der Waals surface area contributed by atoms with Crippen molar-refractivity contribution in [1.82, 2.24) is 0 Å². The Hall–Kier alpha value is -1.56. The third-order valence-corrected chi connectivity index (χ3v) is 3.94. The van der Waals surface area contributed by atoms with Crippen LogP contribution < -0.4 is 4.90 Å². The zero-order chi connectivity index (χ0) is 13.1. The van der Waals surface area contributed by atoms with Crippen LogP contribution in [0.2, 0.25) is 0 Å². The van der Waals surface area contributed by atoms with Gasteiger partial charge in [0.2, 0.25) is 0 Å². The molecular formula is C15H19FN2. The van der Waals surface area contributed by atoms with Gasteiger partial charge >= 0.3 is 0 Å². The largest absolute Gasteiger partial charge is 0.372 e. The number of anilines is 1. The van der Waals surface area contributed by atoms with E-state index in [1.54, 1.807) is 6.07 Å². The zero-order valence-corrected chi connectivity index (χ0v) is 11.0. The predicted octanol–water partition coefficient (Wildman–Crippen LogP) is 3.71. The summed E-state index contributed by atoms with van der Waals surface area (Å²) < 4.78 is 13.6. The fourth-order valence-electron chi connectivity index (χ4n) is 2.78. The van der Waals surface area contributed by atoms with Crippen LogP contribution in [0.1, 0.15) is 38.2 Å². The summed E-state index contributed by atoms with van der Waals surface area (Å²) in [4.78, 5) is 2.15. The predicted molar refractivity (Wildman–Crippen MR) is 70.9 cm³/mol. The number of hydrogen-bond acceptors (Lipinski definition) is 2. The van der Waals surface area contributed by atoms with E-state index in [0.717, 1.165) is 18.0 Å². The lowest BCUT2D eigenvalue weighted by Crippen LogP contribution is -2.35. The van der Waals surface area contributed by atoms with E-state index in [4.69, 9.17) is 5.26 Å². The zero-order valence-electron chi connectivity index (χ0n) is 11.0. The summed E-state index contributed by atoms with van der Waals surface area (Å²) in [5.41, 5.74) is 0.981. The van der Waals surface area contributed by atoms with Gasteiger partial charge in [0.1, 0.15) is 11.9 Å². The summed E-state index contributed by atoms with van der Waals surface area (Å²) in [5, 5.41) is 8.73. The van der Waals surface area contributed by atoms with Crippen molar-refractivity contribution in [3.8, 4) is 6.07 Å². The van der Waals surface area contributed by atoms with Crippen molar-refractivity contribution < 1.29 is 4.39 Å². The lowest BCUT2D eigenvalue weighted by atomic mass is 9.86. The highest BCUT2D eigenvalue weighted by molar-refractivity contribution is 5.50. The molecule has 2 unspecified atom stereocenters. The number of nitriles is 1. The average Bonchev–Trinajstić information content (AvgIpc) is 2.37. The number of benzene rings is 1. The Morgan fingerprint density at radius 3 is 2.78 bits per heavy atom. The Morgan fingerprint density at radius 1 is 1.39 bits per heavy atom. The SMILES string of the molecule is CC1CCCC(N(C)c2ccc(C#N)c(F)c2)C1. The number of rotatable bonds is 2. The van der Waals surface area contributed by atoms with E-state index < -0.39 is 5.82 Å². The van der Waals surface area contributed by atoms with Crippen LogP contribution in [0.4, 0.5) is 10.1 Å². The summed E-state index contributed by atoms with van der Waals surface area (Å²) in [6.07, 6.45) is 4.88. The van der Waals surface area contributed by atoms with Crippen molar-refractivity contribution in [3.63, 3.8) is 0 Å². The number of halogens is 1. The topological polar surface area (TPSA) is 27.0 Å². The summed E-state index contributed by atoms with van der Waals surface area (Å²) in [6, 6.07) is 7.21. The summed E-state index contributed by atoms with van der Waals surface area (Å²) in [6.45, 7) is 2.28. The molecule has 1 aromatic rings. The van der Waals surface area contributed by atoms with E-state index in [-0.39, 0.29) is 5.56 Å². The maximum atomic E-state index is 13.6. The maximum absolute atomic E-state index is 13.6. The van der Waals surface area contributed by atoms with E-state index >= 15 is 0 Å². The van der Waals surface area contributed by atoms with Gasteiger partial charge in [-0.3, -0.25) is 0 Å². The van der Waals surface area contributed by atoms with E-state index in [1.165, 1.54) is 25.3 Å². The van der Waals surface area contributed by atoms with Gasteiger partial charge in [0.05, 0.1) is 5.56 Å². The lowest BCUT2D eigenvalue weighted by Gasteiger charge is -2.35. The first kappa shape index (κ1) is 12.9. The minimum absolute atomic E-state index is 0.115. The molecule has 0 saturated heterocycles. The molecule has 0 bridgehead atoms. The molecule has 3 heteroatoms. The molecule has 1 aliphatic rings. The van der Waals surface area contributed by atoms with Gasteiger partial charge < -0.3 is 4.90 Å². The Kier molecular flexibility index (Phi) is 3.86. The molecule has 1 saturated carbocycles. The second kappa shape index (κ2) is 5.39. The summed E-state index contributed by atoms with van der Waals surface area (Å²) >= 11 is 0. The molecule has 0 heterocycles. The molecule has 2 rings (SSSR count). The van der Waals surface area contributed by atoms with Crippen LogP contribution in [0, 0.1) is 23.1 Å². The molecule has 0 amide bonds. The van der Waals surface area contributed by atoms with Crippen LogP contribution in [0.3, 0.4) is 0 Å². The van der Waals surface area contributed by atoms with E-state index in [1.807, 2.05) is 19.2 Å². The Labute approximate surface area is 108 Å². The van der Waals surface area contributed by atoms with Crippen LogP contribution in [0.5, 0.6) is 0 Å². The molecular weight excluding hydrogens is 227 g/mol. The molecule has 96 valence electrons. The minimum atomic E-state index is -0.425. The molecule has 0 aliphatic heterocycles. The van der Waals surface area contributed by atoms with Gasteiger partial charge in [0.15, 0.2) is 0 Å². The van der Waals surface area contributed by atoms with Crippen molar-refractivity contribution in [2.24, 2.45) is 5.92 Å². The van der Waals surface area contributed by atoms with E-state index in [2.05, 4.69) is 11.8 Å². The molecule has 18 heavy (non-hydrogen) atoms. The molecule has 0 aromatic heterocycles. The molecule has 1 fully saturated rings. The fraction of sp³-hybridized carbons (Fsp3) is 0.533. The number of nitrogens with zero attached hydrogens (tertiary/aromatic N) is 2. The second-order valence-electron chi connectivity index (χ2n) is 5.31. The Balaban J connectivity index is 2.15. The minimum Gasteiger partial charge on any atom is -0.372 e. The smallest absolute Gasteiger partial charge is 0.143 e. The van der Waals surface area contributed by atoms with E-state index in [9.17, 15) is 4.39 Å². The van der Waals surface area contributed by atoms with E-state index in [0.29, 0.717) is 6.04 Å². The lowest BCUT2D eigenvalue weighted by molar-refractivity contribution is 0.336. The Bertz CT molecular complexity index is 464. The third-order valence-electron chi connectivity index (χ3n) is 3.94. The van der Waals surface area contributed by atoms with Crippen molar-refractivity contribution in [2.45, 2.75) is 38.6 Å². The molecule has 0 spiro atoms. The van der Waals surface area contributed by atoms with Gasteiger partial charge in [-0.2, -0.15) is 5.26 Å². The quantitative estimate of drug-likeness (QED) is 0.795. The van der Waals surface area contributed by atoms with Crippen molar-refractivity contribution in [1.29, 1.82) is 5.26 Å². The van der Waals surface area contributed by atoms with Crippen LogP contribution in [-0.4, -0.2) is 13.1 Å². The van der Waals surface area contributed by atoms with Crippen LogP contribution >= 0.6 is 0 Å². The van der Waals surface area contributed by atoms with Gasteiger partial charge in [0.25, 0.3) is 0 Å². The molecule has 0 N–H and O–H groups in total. The normalized spacial score (nSPS) is 23.4. The summed E-state index contributed by atoms with van der Waals surface area (Å²) in [7, 11) is 2.02. The van der Waals surface area contributed by atoms with Crippen molar-refractivity contribution >= 4 is 5.69 Å². The van der Waals surface area contributed by atoms with Crippen molar-refractivity contribution in [3.05, 3.63) is 29.6 Å². The highest BCUT2D eigenvalue weighted by Gasteiger charge is 2.23. The molecule has 1 aromatic carbocycles. The molecule has 0 radical (unpaired) electrons. The molecule has 1 aliphatic carbocycles. The Morgan fingerprint density at radius 2 is 2.17 bits per heavy atom. The first-order chi connectivity index (χ1) is 8.61. The maximum Gasteiger partial charge on any atom is 0.143 e. The van der Waals surface area contributed by atoms with Gasteiger partial charge in [-0.05, 0) is 37.0 Å². The average molecular weight is 246 g/mol. The fourth-order valence-corrected chi connectivity index (χ4v) is 2.78. The monoisotopic (exact) mass is 246 g/mol. The second-order valence-corrected chi connectivity index (χ2v) is 5.31. The third kappa shape index (κ3) is 2.64.